The van der Waals surface area contributed by atoms with Gasteiger partial charge in [0.2, 0.25) is 17.7 Å². The maximum absolute atomic E-state index is 12.9. The van der Waals surface area contributed by atoms with Crippen molar-refractivity contribution in [3.05, 3.63) is 54.3 Å². The number of H-pyrrole nitrogens is 1. The molecule has 0 radical (unpaired) electrons. The summed E-state index contributed by atoms with van der Waals surface area (Å²) in [6, 6.07) is 13.2. The second-order valence-corrected chi connectivity index (χ2v) is 6.25. The number of thioether (sulfide) groups is 1. The van der Waals surface area contributed by atoms with Crippen LogP contribution in [0.3, 0.4) is 0 Å². The van der Waals surface area contributed by atoms with Crippen LogP contribution in [0.2, 0.25) is 0 Å². The summed E-state index contributed by atoms with van der Waals surface area (Å²) in [5.41, 5.74) is 2.23. The molecule has 7 nitrogen and oxygen atoms in total. The Bertz CT molecular complexity index is 1030. The number of hydrogen-bond acceptors (Lipinski definition) is 6. The first-order valence-corrected chi connectivity index (χ1v) is 8.63. The first-order chi connectivity index (χ1) is 12.7. The Morgan fingerprint density at radius 3 is 2.77 bits per heavy atom. The SMILES string of the molecule is O=C(CSc1nnc(-c2ccc(F)cc2)o1)Nc1nc2ccccc2[nH]1. The molecule has 2 aromatic carbocycles. The number of amides is 1. The summed E-state index contributed by atoms with van der Waals surface area (Å²) in [5.74, 6) is 0.141. The summed E-state index contributed by atoms with van der Waals surface area (Å²) in [4.78, 5) is 19.4. The van der Waals surface area contributed by atoms with E-state index in [0.29, 0.717) is 11.5 Å². The van der Waals surface area contributed by atoms with Gasteiger partial charge in [-0.1, -0.05) is 23.9 Å². The zero-order chi connectivity index (χ0) is 17.9. The maximum Gasteiger partial charge on any atom is 0.277 e. The predicted octanol–water partition coefficient (Wildman–Crippen LogP) is 3.48. The second-order valence-electron chi connectivity index (χ2n) is 5.32. The van der Waals surface area contributed by atoms with E-state index in [4.69, 9.17) is 4.42 Å². The smallest absolute Gasteiger partial charge is 0.277 e. The standard InChI is InChI=1S/C17H12FN5O2S/c18-11-7-5-10(6-8-11)15-22-23-17(25-15)26-9-14(24)21-16-19-12-3-1-2-4-13(12)20-16/h1-8H,9H2,(H2,19,20,21,24). The average molecular weight is 369 g/mol. The second kappa shape index (κ2) is 6.96. The van der Waals surface area contributed by atoms with Crippen LogP contribution in [-0.2, 0) is 4.79 Å². The third-order valence-electron chi connectivity index (χ3n) is 3.47. The van der Waals surface area contributed by atoms with Crippen LogP contribution in [0.5, 0.6) is 0 Å². The van der Waals surface area contributed by atoms with Crippen molar-refractivity contribution >= 4 is 34.7 Å². The van der Waals surface area contributed by atoms with E-state index in [-0.39, 0.29) is 28.6 Å². The van der Waals surface area contributed by atoms with Crippen LogP contribution >= 0.6 is 11.8 Å². The molecule has 1 amide bonds. The van der Waals surface area contributed by atoms with Gasteiger partial charge < -0.3 is 9.40 Å². The van der Waals surface area contributed by atoms with E-state index in [0.717, 1.165) is 22.8 Å². The third-order valence-corrected chi connectivity index (χ3v) is 4.29. The predicted molar refractivity (Wildman–Crippen MR) is 95.1 cm³/mol. The van der Waals surface area contributed by atoms with E-state index in [2.05, 4.69) is 25.5 Å². The topological polar surface area (TPSA) is 96.7 Å². The summed E-state index contributed by atoms with van der Waals surface area (Å²) in [5, 5.41) is 10.7. The van der Waals surface area contributed by atoms with Gasteiger partial charge in [-0.2, -0.15) is 0 Å². The highest BCUT2D eigenvalue weighted by Gasteiger charge is 2.12. The number of aromatic nitrogens is 4. The van der Waals surface area contributed by atoms with Crippen LogP contribution < -0.4 is 5.32 Å². The molecule has 0 saturated heterocycles. The molecular weight excluding hydrogens is 357 g/mol. The van der Waals surface area contributed by atoms with Crippen molar-refractivity contribution in [3.63, 3.8) is 0 Å². The lowest BCUT2D eigenvalue weighted by Crippen LogP contribution is -2.14. The molecule has 0 spiro atoms. The molecule has 2 aromatic heterocycles. The van der Waals surface area contributed by atoms with Crippen molar-refractivity contribution in [2.75, 3.05) is 11.1 Å². The van der Waals surface area contributed by atoms with Gasteiger partial charge in [0.05, 0.1) is 16.8 Å². The van der Waals surface area contributed by atoms with Gasteiger partial charge in [-0.25, -0.2) is 9.37 Å². The minimum atomic E-state index is -0.342. The normalized spacial score (nSPS) is 11.0. The lowest BCUT2D eigenvalue weighted by Gasteiger charge is -1.99. The zero-order valence-electron chi connectivity index (χ0n) is 13.3. The number of aromatic amines is 1. The first-order valence-electron chi connectivity index (χ1n) is 7.64. The molecule has 0 saturated carbocycles. The van der Waals surface area contributed by atoms with Crippen molar-refractivity contribution in [1.29, 1.82) is 0 Å². The molecule has 4 aromatic rings. The maximum atomic E-state index is 12.9. The molecule has 9 heteroatoms. The first kappa shape index (κ1) is 16.3. The van der Waals surface area contributed by atoms with Crippen LogP contribution in [0.1, 0.15) is 0 Å². The molecule has 0 bridgehead atoms. The molecule has 4 rings (SSSR count). The summed E-state index contributed by atoms with van der Waals surface area (Å²) in [6.45, 7) is 0. The Hall–Kier alpha value is -3.20. The van der Waals surface area contributed by atoms with E-state index in [1.54, 1.807) is 12.1 Å². The third kappa shape index (κ3) is 3.57. The Labute approximate surface area is 151 Å². The van der Waals surface area contributed by atoms with Crippen molar-refractivity contribution in [2.24, 2.45) is 0 Å². The number of para-hydroxylation sites is 2. The minimum Gasteiger partial charge on any atom is -0.411 e. The Morgan fingerprint density at radius 1 is 1.15 bits per heavy atom. The van der Waals surface area contributed by atoms with Gasteiger partial charge in [-0.05, 0) is 36.4 Å². The molecule has 0 aliphatic carbocycles. The Balaban J connectivity index is 1.36. The van der Waals surface area contributed by atoms with Crippen molar-refractivity contribution in [3.8, 4) is 11.5 Å². The fraction of sp³-hybridized carbons (Fsp3) is 0.0588. The fourth-order valence-electron chi connectivity index (χ4n) is 2.28. The number of halogens is 1. The van der Waals surface area contributed by atoms with Gasteiger partial charge in [-0.15, -0.1) is 10.2 Å². The van der Waals surface area contributed by atoms with E-state index >= 15 is 0 Å². The molecule has 0 aliphatic heterocycles. The van der Waals surface area contributed by atoms with Crippen LogP contribution in [0, 0.1) is 5.82 Å². The van der Waals surface area contributed by atoms with Crippen LogP contribution in [0.4, 0.5) is 10.3 Å². The number of hydrogen-bond donors (Lipinski definition) is 2. The number of nitrogens with zero attached hydrogens (tertiary/aromatic N) is 3. The average Bonchev–Trinajstić information content (AvgIpc) is 3.27. The number of fused-ring (bicyclic) bond motifs is 1. The number of anilines is 1. The quantitative estimate of drug-likeness (QED) is 0.523. The van der Waals surface area contributed by atoms with E-state index in [1.165, 1.54) is 12.1 Å². The van der Waals surface area contributed by atoms with Gasteiger partial charge in [0.25, 0.3) is 5.22 Å². The highest BCUT2D eigenvalue weighted by molar-refractivity contribution is 7.99. The van der Waals surface area contributed by atoms with Crippen LogP contribution in [-0.4, -0.2) is 31.8 Å². The van der Waals surface area contributed by atoms with Gasteiger partial charge in [0.15, 0.2) is 0 Å². The molecule has 2 heterocycles. The van der Waals surface area contributed by atoms with Crippen molar-refractivity contribution in [1.82, 2.24) is 20.2 Å². The highest BCUT2D eigenvalue weighted by Crippen LogP contribution is 2.23. The molecule has 0 atom stereocenters. The summed E-state index contributed by atoms with van der Waals surface area (Å²) in [6.07, 6.45) is 0. The zero-order valence-corrected chi connectivity index (χ0v) is 14.1. The van der Waals surface area contributed by atoms with Crippen LogP contribution in [0.25, 0.3) is 22.5 Å². The van der Waals surface area contributed by atoms with Gasteiger partial charge >= 0.3 is 0 Å². The Kier molecular flexibility index (Phi) is 4.36. The molecule has 130 valence electrons. The lowest BCUT2D eigenvalue weighted by atomic mass is 10.2. The van der Waals surface area contributed by atoms with Crippen LogP contribution in [0.15, 0.2) is 58.2 Å². The fourth-order valence-corrected chi connectivity index (χ4v) is 2.85. The highest BCUT2D eigenvalue weighted by atomic mass is 32.2. The Morgan fingerprint density at radius 2 is 1.96 bits per heavy atom. The molecule has 0 fully saturated rings. The molecule has 0 aliphatic rings. The number of carbonyl (C=O) groups is 1. The van der Waals surface area contributed by atoms with Crippen molar-refractivity contribution in [2.45, 2.75) is 5.22 Å². The number of imidazole rings is 1. The summed E-state index contributed by atoms with van der Waals surface area (Å²) < 4.78 is 18.4. The van der Waals surface area contributed by atoms with E-state index in [1.807, 2.05) is 24.3 Å². The van der Waals surface area contributed by atoms with Crippen molar-refractivity contribution < 1.29 is 13.6 Å². The van der Waals surface area contributed by atoms with E-state index in [9.17, 15) is 9.18 Å². The molecular formula is C17H12FN5O2S. The number of benzene rings is 2. The largest absolute Gasteiger partial charge is 0.411 e. The summed E-state index contributed by atoms with van der Waals surface area (Å²) in [7, 11) is 0. The molecule has 2 N–H and O–H groups in total. The number of carbonyl (C=O) groups excluding carboxylic acids is 1. The van der Waals surface area contributed by atoms with Gasteiger partial charge in [0.1, 0.15) is 5.82 Å². The van der Waals surface area contributed by atoms with Gasteiger partial charge in [-0.3, -0.25) is 10.1 Å². The van der Waals surface area contributed by atoms with Gasteiger partial charge in [0, 0.05) is 5.56 Å². The molecule has 0 unspecified atom stereocenters. The lowest BCUT2D eigenvalue weighted by molar-refractivity contribution is -0.113. The minimum absolute atomic E-state index is 0.0854. The molecule has 26 heavy (non-hydrogen) atoms. The monoisotopic (exact) mass is 369 g/mol. The van der Waals surface area contributed by atoms with E-state index < -0.39 is 0 Å². The number of rotatable bonds is 5. The number of nitrogens with one attached hydrogen (secondary N) is 2. The summed E-state index contributed by atoms with van der Waals surface area (Å²) >= 11 is 1.11.